The maximum Gasteiger partial charge on any atom is 0.179 e. The van der Waals surface area contributed by atoms with Gasteiger partial charge in [-0.1, -0.05) is 25.1 Å². The molecule has 0 aliphatic heterocycles. The van der Waals surface area contributed by atoms with E-state index in [0.29, 0.717) is 6.54 Å². The van der Waals surface area contributed by atoms with Crippen molar-refractivity contribution in [3.05, 3.63) is 35.0 Å². The highest BCUT2D eigenvalue weighted by Crippen LogP contribution is 2.27. The van der Waals surface area contributed by atoms with Gasteiger partial charge in [-0.05, 0) is 26.0 Å². The molecular formula is C15H20N2O. The van der Waals surface area contributed by atoms with E-state index in [1.54, 1.807) is 0 Å². The van der Waals surface area contributed by atoms with Gasteiger partial charge in [0, 0.05) is 23.7 Å². The van der Waals surface area contributed by atoms with Gasteiger partial charge in [-0.15, -0.1) is 0 Å². The van der Waals surface area contributed by atoms with E-state index < -0.39 is 0 Å². The molecule has 0 fully saturated rings. The SMILES string of the molecule is CCNCC(=O)c1c(C)n(C)c2c(C)cccc12. The summed E-state index contributed by atoms with van der Waals surface area (Å²) in [5, 5.41) is 4.17. The fraction of sp³-hybridized carbons (Fsp3) is 0.400. The fourth-order valence-electron chi connectivity index (χ4n) is 2.52. The number of ketones is 1. The van der Waals surface area contributed by atoms with Crippen molar-refractivity contribution in [1.29, 1.82) is 0 Å². The standard InChI is InChI=1S/C15H20N2O/c1-5-16-9-13(18)14-11(3)17(4)15-10(2)7-6-8-12(14)15/h6-8,16H,5,9H2,1-4H3. The lowest BCUT2D eigenvalue weighted by Crippen LogP contribution is -2.23. The van der Waals surface area contributed by atoms with Crippen LogP contribution in [0, 0.1) is 13.8 Å². The molecule has 2 aromatic rings. The maximum absolute atomic E-state index is 12.3. The Hall–Kier alpha value is -1.61. The van der Waals surface area contributed by atoms with Crippen molar-refractivity contribution < 1.29 is 4.79 Å². The lowest BCUT2D eigenvalue weighted by molar-refractivity contribution is 0.0992. The summed E-state index contributed by atoms with van der Waals surface area (Å²) in [6.45, 7) is 7.32. The zero-order chi connectivity index (χ0) is 13.3. The van der Waals surface area contributed by atoms with Crippen molar-refractivity contribution in [2.45, 2.75) is 20.8 Å². The topological polar surface area (TPSA) is 34.0 Å². The maximum atomic E-state index is 12.3. The Labute approximate surface area is 108 Å². The number of benzene rings is 1. The van der Waals surface area contributed by atoms with Gasteiger partial charge in [0.2, 0.25) is 0 Å². The Kier molecular flexibility index (Phi) is 3.53. The molecule has 1 aromatic carbocycles. The molecule has 1 aromatic heterocycles. The number of hydrogen-bond acceptors (Lipinski definition) is 2. The lowest BCUT2D eigenvalue weighted by Gasteiger charge is -2.02. The van der Waals surface area contributed by atoms with Crippen molar-refractivity contribution in [1.82, 2.24) is 9.88 Å². The number of Topliss-reactive ketones (excluding diaryl/α,β-unsaturated/α-hetero) is 1. The van der Waals surface area contributed by atoms with Crippen LogP contribution in [0.2, 0.25) is 0 Å². The molecule has 1 heterocycles. The lowest BCUT2D eigenvalue weighted by atomic mass is 10.0. The van der Waals surface area contributed by atoms with Crippen molar-refractivity contribution in [3.8, 4) is 0 Å². The Balaban J connectivity index is 2.61. The zero-order valence-corrected chi connectivity index (χ0v) is 11.5. The first-order valence-electron chi connectivity index (χ1n) is 6.36. The first-order chi connectivity index (χ1) is 8.57. The summed E-state index contributed by atoms with van der Waals surface area (Å²) in [6, 6.07) is 6.13. The minimum atomic E-state index is 0.172. The van der Waals surface area contributed by atoms with Gasteiger partial charge < -0.3 is 9.88 Å². The molecule has 0 aliphatic carbocycles. The van der Waals surface area contributed by atoms with Gasteiger partial charge in [0.15, 0.2) is 5.78 Å². The van der Waals surface area contributed by atoms with Gasteiger partial charge in [0.05, 0.1) is 12.1 Å². The predicted octanol–water partition coefficient (Wildman–Crippen LogP) is 2.59. The summed E-state index contributed by atoms with van der Waals surface area (Å²) in [6.07, 6.45) is 0. The summed E-state index contributed by atoms with van der Waals surface area (Å²) in [5.74, 6) is 0.172. The van der Waals surface area contributed by atoms with Crippen LogP contribution in [0.3, 0.4) is 0 Å². The Morgan fingerprint density at radius 2 is 2.06 bits per heavy atom. The van der Waals surface area contributed by atoms with E-state index in [4.69, 9.17) is 0 Å². The number of fused-ring (bicyclic) bond motifs is 1. The second-order valence-electron chi connectivity index (χ2n) is 4.69. The number of aromatic nitrogens is 1. The van der Waals surface area contributed by atoms with Crippen LogP contribution in [0.1, 0.15) is 28.5 Å². The van der Waals surface area contributed by atoms with Crippen LogP contribution in [-0.2, 0) is 7.05 Å². The van der Waals surface area contributed by atoms with E-state index in [0.717, 1.165) is 28.7 Å². The van der Waals surface area contributed by atoms with Crippen molar-refractivity contribution in [3.63, 3.8) is 0 Å². The molecule has 18 heavy (non-hydrogen) atoms. The number of para-hydroxylation sites is 1. The van der Waals surface area contributed by atoms with Crippen LogP contribution in [0.25, 0.3) is 10.9 Å². The fourth-order valence-corrected chi connectivity index (χ4v) is 2.52. The molecule has 0 amide bonds. The molecule has 1 N–H and O–H groups in total. The molecule has 0 spiro atoms. The molecule has 0 saturated carbocycles. The van der Waals surface area contributed by atoms with E-state index in [2.05, 4.69) is 22.9 Å². The van der Waals surface area contributed by atoms with E-state index in [1.165, 1.54) is 5.56 Å². The number of nitrogens with zero attached hydrogens (tertiary/aromatic N) is 1. The minimum absolute atomic E-state index is 0.172. The highest BCUT2D eigenvalue weighted by molar-refractivity contribution is 6.10. The van der Waals surface area contributed by atoms with Crippen LogP contribution < -0.4 is 5.32 Å². The van der Waals surface area contributed by atoms with Crippen LogP contribution in [0.4, 0.5) is 0 Å². The number of nitrogens with one attached hydrogen (secondary N) is 1. The third-order valence-electron chi connectivity index (χ3n) is 3.52. The van der Waals surface area contributed by atoms with E-state index in [-0.39, 0.29) is 5.78 Å². The zero-order valence-electron chi connectivity index (χ0n) is 11.5. The third-order valence-corrected chi connectivity index (χ3v) is 3.52. The molecule has 2 rings (SSSR count). The quantitative estimate of drug-likeness (QED) is 0.839. The molecule has 0 atom stereocenters. The summed E-state index contributed by atoms with van der Waals surface area (Å²) >= 11 is 0. The molecule has 96 valence electrons. The van der Waals surface area contributed by atoms with Crippen molar-refractivity contribution in [2.24, 2.45) is 7.05 Å². The Bertz CT molecular complexity index is 596. The van der Waals surface area contributed by atoms with Crippen molar-refractivity contribution in [2.75, 3.05) is 13.1 Å². The van der Waals surface area contributed by atoms with Crippen LogP contribution in [-0.4, -0.2) is 23.4 Å². The largest absolute Gasteiger partial charge is 0.347 e. The normalized spacial score (nSPS) is 11.1. The van der Waals surface area contributed by atoms with Gasteiger partial charge in [-0.2, -0.15) is 0 Å². The second kappa shape index (κ2) is 4.94. The number of carbonyl (C=O) groups excluding carboxylic acids is 1. The summed E-state index contributed by atoms with van der Waals surface area (Å²) in [4.78, 5) is 12.3. The monoisotopic (exact) mass is 244 g/mol. The summed E-state index contributed by atoms with van der Waals surface area (Å²) in [5.41, 5.74) is 4.27. The van der Waals surface area contributed by atoms with Crippen LogP contribution in [0.5, 0.6) is 0 Å². The average Bonchev–Trinajstić information content (AvgIpc) is 2.60. The highest BCUT2D eigenvalue weighted by atomic mass is 16.1. The molecular weight excluding hydrogens is 224 g/mol. The number of aryl methyl sites for hydroxylation is 2. The third kappa shape index (κ3) is 1.95. The number of rotatable bonds is 4. The molecule has 3 heteroatoms. The first kappa shape index (κ1) is 12.8. The molecule has 0 saturated heterocycles. The smallest absolute Gasteiger partial charge is 0.179 e. The second-order valence-corrected chi connectivity index (χ2v) is 4.69. The van der Waals surface area contributed by atoms with Gasteiger partial charge in [-0.3, -0.25) is 4.79 Å². The predicted molar refractivity (Wildman–Crippen MR) is 75.3 cm³/mol. The van der Waals surface area contributed by atoms with Gasteiger partial charge in [0.25, 0.3) is 0 Å². The molecule has 0 unspecified atom stereocenters. The van der Waals surface area contributed by atoms with Crippen molar-refractivity contribution >= 4 is 16.7 Å². The number of hydrogen-bond donors (Lipinski definition) is 1. The highest BCUT2D eigenvalue weighted by Gasteiger charge is 2.18. The molecule has 0 aliphatic rings. The van der Waals surface area contributed by atoms with E-state index >= 15 is 0 Å². The van der Waals surface area contributed by atoms with Gasteiger partial charge in [0.1, 0.15) is 0 Å². The van der Waals surface area contributed by atoms with E-state index in [9.17, 15) is 4.79 Å². The summed E-state index contributed by atoms with van der Waals surface area (Å²) < 4.78 is 2.11. The van der Waals surface area contributed by atoms with Crippen LogP contribution in [0.15, 0.2) is 18.2 Å². The van der Waals surface area contributed by atoms with E-state index in [1.807, 2.05) is 33.0 Å². The first-order valence-corrected chi connectivity index (χ1v) is 6.36. The molecule has 0 bridgehead atoms. The molecule has 0 radical (unpaired) electrons. The van der Waals surface area contributed by atoms with Crippen LogP contribution >= 0.6 is 0 Å². The Morgan fingerprint density at radius 3 is 2.72 bits per heavy atom. The minimum Gasteiger partial charge on any atom is -0.347 e. The van der Waals surface area contributed by atoms with Gasteiger partial charge >= 0.3 is 0 Å². The average molecular weight is 244 g/mol. The Morgan fingerprint density at radius 1 is 1.33 bits per heavy atom. The number of carbonyl (C=O) groups is 1. The molecule has 3 nitrogen and oxygen atoms in total. The summed E-state index contributed by atoms with van der Waals surface area (Å²) in [7, 11) is 2.02. The van der Waals surface area contributed by atoms with Gasteiger partial charge in [-0.25, -0.2) is 0 Å². The number of likely N-dealkylation sites (N-methyl/N-ethyl adjacent to an activating group) is 1.